The number of benzene rings is 3. The average Bonchev–Trinajstić information content (AvgIpc) is 3.39. The van der Waals surface area contributed by atoms with Crippen LogP contribution in [0.3, 0.4) is 0 Å². The van der Waals surface area contributed by atoms with Crippen molar-refractivity contribution in [2.75, 3.05) is 50.8 Å². The maximum atomic E-state index is 12.6. The lowest BCUT2D eigenvalue weighted by Gasteiger charge is -2.34. The molecule has 1 fully saturated rings. The van der Waals surface area contributed by atoms with E-state index in [-0.39, 0.29) is 24.1 Å². The number of carbonyl (C=O) groups is 2. The lowest BCUT2D eigenvalue weighted by atomic mass is 10.0. The highest BCUT2D eigenvalue weighted by Gasteiger charge is 2.21. The summed E-state index contributed by atoms with van der Waals surface area (Å²) in [4.78, 5) is 34.7. The molecule has 1 aliphatic heterocycles. The smallest absolute Gasteiger partial charge is 0.251 e. The fourth-order valence-electron chi connectivity index (χ4n) is 4.44. The van der Waals surface area contributed by atoms with E-state index in [1.165, 1.54) is 0 Å². The van der Waals surface area contributed by atoms with E-state index < -0.39 is 0 Å². The first-order chi connectivity index (χ1) is 18.1. The first-order valence-electron chi connectivity index (χ1n) is 12.6. The Hall–Kier alpha value is -3.46. The first kappa shape index (κ1) is 27.6. The molecular weight excluding hydrogens is 520 g/mol. The minimum absolute atomic E-state index is 0. The van der Waals surface area contributed by atoms with Gasteiger partial charge >= 0.3 is 0 Å². The highest BCUT2D eigenvalue weighted by Crippen LogP contribution is 2.34. The Kier molecular flexibility index (Phi) is 9.33. The molecule has 3 aromatic carbocycles. The average molecular weight is 551 g/mol. The molecule has 0 bridgehead atoms. The standard InChI is InChI=1S/C29H30N4O3S.ClH/c1-2-36-24-9-6-10-25-26(24)31-29(37-25)33-19-17-32(18-20-33)16-15-30-28(35)23-13-11-22(12-14-23)27(34)21-7-4-3-5-8-21;/h3-14H,2,15-20H2,1H3,(H,30,35);1H. The third kappa shape index (κ3) is 6.32. The molecule has 0 aliphatic carbocycles. The molecule has 1 aromatic heterocycles. The summed E-state index contributed by atoms with van der Waals surface area (Å²) in [5.41, 5.74) is 2.70. The predicted octanol–water partition coefficient (Wildman–Crippen LogP) is 4.90. The molecular formula is C29H31ClN4O3S. The number of hydrogen-bond acceptors (Lipinski definition) is 7. The number of aromatic nitrogens is 1. The molecule has 9 heteroatoms. The zero-order valence-corrected chi connectivity index (χ0v) is 22.9. The van der Waals surface area contributed by atoms with Gasteiger partial charge in [-0.25, -0.2) is 4.98 Å². The molecule has 5 rings (SSSR count). The SMILES string of the molecule is CCOc1cccc2sc(N3CCN(CCNC(=O)c4ccc(C(=O)c5ccccc5)cc4)CC3)nc12.Cl. The van der Waals surface area contributed by atoms with Crippen LogP contribution in [0.2, 0.25) is 0 Å². The van der Waals surface area contributed by atoms with E-state index in [2.05, 4.69) is 21.2 Å². The number of ether oxygens (including phenoxy) is 1. The molecule has 38 heavy (non-hydrogen) atoms. The predicted molar refractivity (Wildman–Crippen MR) is 155 cm³/mol. The summed E-state index contributed by atoms with van der Waals surface area (Å²) < 4.78 is 6.88. The minimum atomic E-state index is -0.128. The van der Waals surface area contributed by atoms with Crippen molar-refractivity contribution in [1.29, 1.82) is 0 Å². The Labute approximate surface area is 232 Å². The van der Waals surface area contributed by atoms with Crippen LogP contribution in [0.25, 0.3) is 10.2 Å². The summed E-state index contributed by atoms with van der Waals surface area (Å²) >= 11 is 1.70. The van der Waals surface area contributed by atoms with Gasteiger partial charge < -0.3 is 15.0 Å². The van der Waals surface area contributed by atoms with Crippen LogP contribution in [0, 0.1) is 0 Å². The first-order valence-corrected chi connectivity index (χ1v) is 13.4. The molecule has 0 atom stereocenters. The van der Waals surface area contributed by atoms with Crippen LogP contribution in [0.5, 0.6) is 5.75 Å². The number of rotatable bonds is 9. The number of piperazine rings is 1. The fraction of sp³-hybridized carbons (Fsp3) is 0.276. The second kappa shape index (κ2) is 12.9. The van der Waals surface area contributed by atoms with Gasteiger partial charge in [-0.2, -0.15) is 0 Å². The molecule has 1 amide bonds. The monoisotopic (exact) mass is 550 g/mol. The number of amides is 1. The lowest BCUT2D eigenvalue weighted by Crippen LogP contribution is -2.48. The number of ketones is 1. The van der Waals surface area contributed by atoms with E-state index in [0.29, 0.717) is 29.8 Å². The Morgan fingerprint density at radius 1 is 0.895 bits per heavy atom. The van der Waals surface area contributed by atoms with E-state index in [1.807, 2.05) is 37.3 Å². The highest BCUT2D eigenvalue weighted by molar-refractivity contribution is 7.22. The Bertz CT molecular complexity index is 1370. The molecule has 1 N–H and O–H groups in total. The minimum Gasteiger partial charge on any atom is -0.492 e. The van der Waals surface area contributed by atoms with Crippen LogP contribution in [-0.4, -0.2) is 67.4 Å². The molecule has 1 aliphatic rings. The van der Waals surface area contributed by atoms with Gasteiger partial charge in [0.1, 0.15) is 11.3 Å². The number of fused-ring (bicyclic) bond motifs is 1. The zero-order chi connectivity index (χ0) is 25.6. The van der Waals surface area contributed by atoms with Crippen LogP contribution in [0.1, 0.15) is 33.2 Å². The number of nitrogens with zero attached hydrogens (tertiary/aromatic N) is 3. The molecule has 2 heterocycles. The van der Waals surface area contributed by atoms with E-state index in [0.717, 1.165) is 53.8 Å². The van der Waals surface area contributed by atoms with Gasteiger partial charge in [0, 0.05) is 56.0 Å². The Morgan fingerprint density at radius 2 is 1.58 bits per heavy atom. The maximum Gasteiger partial charge on any atom is 0.251 e. The Balaban J connectivity index is 0.00000336. The number of halogens is 1. The van der Waals surface area contributed by atoms with Crippen molar-refractivity contribution in [2.45, 2.75) is 6.92 Å². The second-order valence-corrected chi connectivity index (χ2v) is 9.90. The van der Waals surface area contributed by atoms with Gasteiger partial charge in [0.15, 0.2) is 10.9 Å². The number of thiazole rings is 1. The van der Waals surface area contributed by atoms with E-state index >= 15 is 0 Å². The van der Waals surface area contributed by atoms with Gasteiger partial charge in [-0.05, 0) is 31.2 Å². The summed E-state index contributed by atoms with van der Waals surface area (Å²) in [5, 5.41) is 4.03. The van der Waals surface area contributed by atoms with Crippen molar-refractivity contribution >= 4 is 50.8 Å². The molecule has 0 radical (unpaired) electrons. The maximum absolute atomic E-state index is 12.6. The largest absolute Gasteiger partial charge is 0.492 e. The van der Waals surface area contributed by atoms with Crippen molar-refractivity contribution in [3.8, 4) is 5.75 Å². The van der Waals surface area contributed by atoms with Gasteiger partial charge in [-0.3, -0.25) is 14.5 Å². The van der Waals surface area contributed by atoms with Crippen LogP contribution in [0.4, 0.5) is 5.13 Å². The second-order valence-electron chi connectivity index (χ2n) is 8.89. The summed E-state index contributed by atoms with van der Waals surface area (Å²) in [6.45, 7) is 7.60. The summed E-state index contributed by atoms with van der Waals surface area (Å²) in [7, 11) is 0. The molecule has 0 saturated carbocycles. The normalized spacial score (nSPS) is 13.7. The van der Waals surface area contributed by atoms with E-state index in [4.69, 9.17) is 9.72 Å². The van der Waals surface area contributed by atoms with E-state index in [1.54, 1.807) is 47.7 Å². The van der Waals surface area contributed by atoms with Gasteiger partial charge in [-0.1, -0.05) is 59.9 Å². The summed E-state index contributed by atoms with van der Waals surface area (Å²) in [6, 6.07) is 22.1. The van der Waals surface area contributed by atoms with Crippen molar-refractivity contribution < 1.29 is 14.3 Å². The van der Waals surface area contributed by atoms with Crippen LogP contribution in [-0.2, 0) is 0 Å². The molecule has 0 spiro atoms. The molecule has 0 unspecified atom stereocenters. The van der Waals surface area contributed by atoms with Crippen molar-refractivity contribution in [3.63, 3.8) is 0 Å². The van der Waals surface area contributed by atoms with Crippen LogP contribution < -0.4 is 15.0 Å². The van der Waals surface area contributed by atoms with Crippen LogP contribution in [0.15, 0.2) is 72.8 Å². The number of nitrogens with one attached hydrogen (secondary N) is 1. The summed E-state index contributed by atoms with van der Waals surface area (Å²) in [5.74, 6) is 0.665. The van der Waals surface area contributed by atoms with Gasteiger partial charge in [-0.15, -0.1) is 12.4 Å². The lowest BCUT2D eigenvalue weighted by molar-refractivity contribution is 0.0946. The molecule has 4 aromatic rings. The van der Waals surface area contributed by atoms with Crippen molar-refractivity contribution in [2.24, 2.45) is 0 Å². The number of carbonyl (C=O) groups excluding carboxylic acids is 2. The third-order valence-corrected chi connectivity index (χ3v) is 7.55. The zero-order valence-electron chi connectivity index (χ0n) is 21.3. The van der Waals surface area contributed by atoms with Crippen molar-refractivity contribution in [3.05, 3.63) is 89.5 Å². The van der Waals surface area contributed by atoms with Crippen LogP contribution >= 0.6 is 23.7 Å². The fourth-order valence-corrected chi connectivity index (χ4v) is 5.48. The third-order valence-electron chi connectivity index (χ3n) is 6.47. The van der Waals surface area contributed by atoms with Crippen molar-refractivity contribution in [1.82, 2.24) is 15.2 Å². The van der Waals surface area contributed by atoms with Gasteiger partial charge in [0.25, 0.3) is 5.91 Å². The number of anilines is 1. The van der Waals surface area contributed by atoms with Gasteiger partial charge in [0.05, 0.1) is 11.3 Å². The molecule has 7 nitrogen and oxygen atoms in total. The quantitative estimate of drug-likeness (QED) is 0.299. The topological polar surface area (TPSA) is 74.8 Å². The highest BCUT2D eigenvalue weighted by atomic mass is 35.5. The number of hydrogen-bond donors (Lipinski definition) is 1. The summed E-state index contributed by atoms with van der Waals surface area (Å²) in [6.07, 6.45) is 0. The van der Waals surface area contributed by atoms with Gasteiger partial charge in [0.2, 0.25) is 0 Å². The van der Waals surface area contributed by atoms with E-state index in [9.17, 15) is 9.59 Å². The molecule has 198 valence electrons. The number of para-hydroxylation sites is 1. The molecule has 1 saturated heterocycles. The Morgan fingerprint density at radius 3 is 2.29 bits per heavy atom.